The summed E-state index contributed by atoms with van der Waals surface area (Å²) >= 11 is 1.17. The second-order valence-electron chi connectivity index (χ2n) is 4.76. The molecule has 0 aliphatic carbocycles. The van der Waals surface area contributed by atoms with Crippen LogP contribution in [-0.4, -0.2) is 4.92 Å². The molecule has 0 unspecified atom stereocenters. The minimum atomic E-state index is -4.77. The Kier molecular flexibility index (Phi) is 4.46. The van der Waals surface area contributed by atoms with E-state index in [0.29, 0.717) is 10.5 Å². The van der Waals surface area contributed by atoms with E-state index in [-0.39, 0.29) is 0 Å². The number of hydrogen-bond donors (Lipinski definition) is 0. The van der Waals surface area contributed by atoms with Crippen molar-refractivity contribution in [3.05, 3.63) is 63.2 Å². The first kappa shape index (κ1) is 16.4. The van der Waals surface area contributed by atoms with Crippen LogP contribution in [0.2, 0.25) is 0 Å². The fraction of sp³-hybridized carbons (Fsp3) is 0.200. The first-order valence-electron chi connectivity index (χ1n) is 6.30. The summed E-state index contributed by atoms with van der Waals surface area (Å²) in [7, 11) is 0. The lowest BCUT2D eigenvalue weighted by molar-refractivity contribution is -0.388. The molecule has 0 aliphatic heterocycles. The minimum absolute atomic E-state index is 0.354. The molecule has 0 amide bonds. The van der Waals surface area contributed by atoms with Crippen LogP contribution in [0.4, 0.5) is 18.9 Å². The molecule has 3 nitrogen and oxygen atoms in total. The van der Waals surface area contributed by atoms with Crippen molar-refractivity contribution in [2.45, 2.75) is 29.8 Å². The Morgan fingerprint density at radius 3 is 2.23 bits per heavy atom. The molecule has 0 fully saturated rings. The Hall–Kier alpha value is -2.02. The van der Waals surface area contributed by atoms with Gasteiger partial charge in [-0.15, -0.1) is 0 Å². The number of hydrogen-bond acceptors (Lipinski definition) is 3. The van der Waals surface area contributed by atoms with E-state index < -0.39 is 22.4 Å². The summed E-state index contributed by atoms with van der Waals surface area (Å²) in [5.41, 5.74) is -0.773. The molecule has 7 heteroatoms. The molecule has 0 aliphatic rings. The number of alkyl halides is 3. The van der Waals surface area contributed by atoms with Crippen LogP contribution in [0.15, 0.2) is 46.2 Å². The van der Waals surface area contributed by atoms with E-state index in [0.717, 1.165) is 22.6 Å². The quantitative estimate of drug-likeness (QED) is 0.561. The second kappa shape index (κ2) is 6.00. The summed E-state index contributed by atoms with van der Waals surface area (Å²) in [6.07, 6.45) is -4.77. The Morgan fingerprint density at radius 1 is 1.05 bits per heavy atom. The molecule has 0 saturated carbocycles. The molecule has 0 heterocycles. The standard InChI is InChI=1S/C15H12F3NO2S/c1-9-5-3-4-6-13(9)22-14-8-11(15(16,17)18)12(19(20)21)7-10(14)2/h3-8H,1-2H3. The van der Waals surface area contributed by atoms with E-state index in [2.05, 4.69) is 0 Å². The third kappa shape index (κ3) is 3.41. The van der Waals surface area contributed by atoms with Gasteiger partial charge in [0.05, 0.1) is 4.92 Å². The van der Waals surface area contributed by atoms with Crippen LogP contribution in [-0.2, 0) is 6.18 Å². The molecule has 0 radical (unpaired) electrons. The Balaban J connectivity index is 2.54. The van der Waals surface area contributed by atoms with Crippen molar-refractivity contribution in [1.29, 1.82) is 0 Å². The fourth-order valence-electron chi connectivity index (χ4n) is 1.95. The number of nitro groups is 1. The smallest absolute Gasteiger partial charge is 0.258 e. The molecule has 116 valence electrons. The molecule has 2 aromatic rings. The van der Waals surface area contributed by atoms with Crippen LogP contribution in [0.25, 0.3) is 0 Å². The average Bonchev–Trinajstić information content (AvgIpc) is 2.41. The molecule has 22 heavy (non-hydrogen) atoms. The van der Waals surface area contributed by atoms with E-state index in [4.69, 9.17) is 0 Å². The summed E-state index contributed by atoms with van der Waals surface area (Å²) in [6, 6.07) is 9.11. The van der Waals surface area contributed by atoms with Gasteiger partial charge in [0.25, 0.3) is 5.69 Å². The molecule has 0 saturated heterocycles. The van der Waals surface area contributed by atoms with E-state index in [1.807, 2.05) is 19.1 Å². The van der Waals surface area contributed by atoms with Crippen molar-refractivity contribution < 1.29 is 18.1 Å². The van der Waals surface area contributed by atoms with E-state index >= 15 is 0 Å². The van der Waals surface area contributed by atoms with Crippen molar-refractivity contribution in [1.82, 2.24) is 0 Å². The van der Waals surface area contributed by atoms with Gasteiger partial charge in [-0.2, -0.15) is 13.2 Å². The summed E-state index contributed by atoms with van der Waals surface area (Å²) in [5.74, 6) is 0. The third-order valence-electron chi connectivity index (χ3n) is 3.11. The first-order chi connectivity index (χ1) is 10.2. The molecule has 0 N–H and O–H groups in total. The largest absolute Gasteiger partial charge is 0.423 e. The van der Waals surface area contributed by atoms with Gasteiger partial charge in [0, 0.05) is 15.9 Å². The lowest BCUT2D eigenvalue weighted by Gasteiger charge is -2.13. The number of halogens is 3. The number of nitro benzene ring substituents is 1. The molecule has 0 spiro atoms. The van der Waals surface area contributed by atoms with Crippen molar-refractivity contribution >= 4 is 17.4 Å². The Bertz CT molecular complexity index is 729. The van der Waals surface area contributed by atoms with Gasteiger partial charge < -0.3 is 0 Å². The number of aryl methyl sites for hydroxylation is 2. The third-order valence-corrected chi connectivity index (χ3v) is 4.45. The van der Waals surface area contributed by atoms with Gasteiger partial charge >= 0.3 is 6.18 Å². The topological polar surface area (TPSA) is 43.1 Å². The van der Waals surface area contributed by atoms with Gasteiger partial charge in [0.1, 0.15) is 5.56 Å². The van der Waals surface area contributed by atoms with Crippen LogP contribution in [0.3, 0.4) is 0 Å². The van der Waals surface area contributed by atoms with Gasteiger partial charge in [-0.1, -0.05) is 30.0 Å². The number of nitrogens with zero attached hydrogens (tertiary/aromatic N) is 1. The lowest BCUT2D eigenvalue weighted by Crippen LogP contribution is -2.09. The first-order valence-corrected chi connectivity index (χ1v) is 7.11. The summed E-state index contributed by atoms with van der Waals surface area (Å²) < 4.78 is 39.1. The van der Waals surface area contributed by atoms with Gasteiger partial charge in [0.2, 0.25) is 0 Å². The summed E-state index contributed by atoms with van der Waals surface area (Å²) in [5, 5.41) is 10.8. The van der Waals surface area contributed by atoms with Gasteiger partial charge in [0.15, 0.2) is 0 Å². The van der Waals surface area contributed by atoms with Crippen LogP contribution >= 0.6 is 11.8 Å². The zero-order chi connectivity index (χ0) is 16.5. The maximum Gasteiger partial charge on any atom is 0.423 e. The van der Waals surface area contributed by atoms with Gasteiger partial charge in [-0.3, -0.25) is 10.1 Å². The number of benzene rings is 2. The van der Waals surface area contributed by atoms with Crippen molar-refractivity contribution in [3.63, 3.8) is 0 Å². The van der Waals surface area contributed by atoms with Crippen LogP contribution in [0.1, 0.15) is 16.7 Å². The van der Waals surface area contributed by atoms with Crippen LogP contribution < -0.4 is 0 Å². The molecule has 2 rings (SSSR count). The monoisotopic (exact) mass is 327 g/mol. The predicted octanol–water partition coefficient (Wildman–Crippen LogP) is 5.38. The summed E-state index contributed by atoms with van der Waals surface area (Å²) in [4.78, 5) is 11.0. The van der Waals surface area contributed by atoms with Crippen LogP contribution in [0, 0.1) is 24.0 Å². The molecule has 2 aromatic carbocycles. The highest BCUT2D eigenvalue weighted by Crippen LogP contribution is 2.41. The average molecular weight is 327 g/mol. The van der Waals surface area contributed by atoms with E-state index in [9.17, 15) is 23.3 Å². The highest BCUT2D eigenvalue weighted by Gasteiger charge is 2.39. The minimum Gasteiger partial charge on any atom is -0.258 e. The van der Waals surface area contributed by atoms with Crippen molar-refractivity contribution in [3.8, 4) is 0 Å². The van der Waals surface area contributed by atoms with Crippen LogP contribution in [0.5, 0.6) is 0 Å². The molecule has 0 atom stereocenters. The Morgan fingerprint density at radius 2 is 1.68 bits per heavy atom. The van der Waals surface area contributed by atoms with Gasteiger partial charge in [-0.25, -0.2) is 0 Å². The SMILES string of the molecule is Cc1ccccc1Sc1cc(C(F)(F)F)c([N+](=O)[O-])cc1C. The Labute approximate surface area is 129 Å². The van der Waals surface area contributed by atoms with Crippen molar-refractivity contribution in [2.24, 2.45) is 0 Å². The second-order valence-corrected chi connectivity index (χ2v) is 5.84. The summed E-state index contributed by atoms with van der Waals surface area (Å²) in [6.45, 7) is 3.42. The lowest BCUT2D eigenvalue weighted by atomic mass is 10.1. The predicted molar refractivity (Wildman–Crippen MR) is 78.1 cm³/mol. The normalized spacial score (nSPS) is 11.5. The molecular weight excluding hydrogens is 315 g/mol. The maximum absolute atomic E-state index is 13.0. The molecule has 0 aromatic heterocycles. The maximum atomic E-state index is 13.0. The fourth-order valence-corrected chi connectivity index (χ4v) is 2.96. The van der Waals surface area contributed by atoms with Crippen molar-refractivity contribution in [2.75, 3.05) is 0 Å². The highest BCUT2D eigenvalue weighted by molar-refractivity contribution is 7.99. The van der Waals surface area contributed by atoms with E-state index in [1.54, 1.807) is 19.1 Å². The highest BCUT2D eigenvalue weighted by atomic mass is 32.2. The van der Waals surface area contributed by atoms with E-state index in [1.165, 1.54) is 11.8 Å². The zero-order valence-corrected chi connectivity index (χ0v) is 12.6. The molecule has 0 bridgehead atoms. The zero-order valence-electron chi connectivity index (χ0n) is 11.8. The number of rotatable bonds is 3. The molecular formula is C15H12F3NO2S. The van der Waals surface area contributed by atoms with Gasteiger partial charge in [-0.05, 0) is 37.1 Å².